The number of aromatic nitrogens is 1. The molecule has 0 saturated carbocycles. The second kappa shape index (κ2) is 8.14. The van der Waals surface area contributed by atoms with Crippen molar-refractivity contribution in [1.82, 2.24) is 9.88 Å². The largest absolute Gasteiger partial charge is 0.490 e. The summed E-state index contributed by atoms with van der Waals surface area (Å²) in [5.41, 5.74) is 1.48. The number of carbonyl (C=O) groups excluding carboxylic acids is 1. The van der Waals surface area contributed by atoms with E-state index >= 15 is 0 Å². The number of sulfone groups is 1. The van der Waals surface area contributed by atoms with E-state index in [2.05, 4.69) is 4.98 Å². The Morgan fingerprint density at radius 1 is 1.23 bits per heavy atom. The Morgan fingerprint density at radius 3 is 2.80 bits per heavy atom. The van der Waals surface area contributed by atoms with Gasteiger partial charge in [0.15, 0.2) is 9.84 Å². The van der Waals surface area contributed by atoms with E-state index in [1.807, 2.05) is 23.1 Å². The molecule has 0 spiro atoms. The molecule has 0 bridgehead atoms. The fourth-order valence-corrected chi connectivity index (χ4v) is 4.70. The van der Waals surface area contributed by atoms with Crippen LogP contribution in [0.5, 0.6) is 11.5 Å². The predicted molar refractivity (Wildman–Crippen MR) is 112 cm³/mol. The van der Waals surface area contributed by atoms with Gasteiger partial charge in [0.05, 0.1) is 40.8 Å². The molecule has 2 aliphatic rings. The number of rotatable bonds is 6. The van der Waals surface area contributed by atoms with Crippen molar-refractivity contribution in [2.24, 2.45) is 0 Å². The van der Waals surface area contributed by atoms with Gasteiger partial charge < -0.3 is 19.3 Å². The van der Waals surface area contributed by atoms with Crippen LogP contribution in [0.4, 0.5) is 11.4 Å². The Labute approximate surface area is 176 Å². The minimum atomic E-state index is -3.43. The summed E-state index contributed by atoms with van der Waals surface area (Å²) in [6.07, 6.45) is 4.62. The third-order valence-corrected chi connectivity index (χ3v) is 7.50. The van der Waals surface area contributed by atoms with Gasteiger partial charge in [0, 0.05) is 25.2 Å². The Balaban J connectivity index is 1.63. The van der Waals surface area contributed by atoms with Crippen LogP contribution in [0.25, 0.3) is 0 Å². The predicted octanol–water partition coefficient (Wildman–Crippen LogP) is 2.40. The first-order valence-electron chi connectivity index (χ1n) is 9.98. The standard InChI is InChI=1S/C21H25N3O5S/c1-15(2)30(26,27)19-9-16(11-22-12-19)24-7-8-28-21-4-3-17(10-20(21)24)29-18-5-6-23(13-18)14-25/h3-4,9-12,14-15,18H,5-8,13H2,1-2H3/t18-/m0/s1. The van der Waals surface area contributed by atoms with Crippen molar-refractivity contribution in [3.63, 3.8) is 0 Å². The fourth-order valence-electron chi connectivity index (χ4n) is 3.66. The quantitative estimate of drug-likeness (QED) is 0.649. The van der Waals surface area contributed by atoms with Crippen LogP contribution < -0.4 is 14.4 Å². The summed E-state index contributed by atoms with van der Waals surface area (Å²) in [5.74, 6) is 1.38. The van der Waals surface area contributed by atoms with E-state index in [1.54, 1.807) is 31.0 Å². The summed E-state index contributed by atoms with van der Waals surface area (Å²) in [6, 6.07) is 7.25. The van der Waals surface area contributed by atoms with Gasteiger partial charge in [-0.1, -0.05) is 0 Å². The molecular formula is C21H25N3O5S. The number of nitrogens with zero attached hydrogens (tertiary/aromatic N) is 3. The smallest absolute Gasteiger partial charge is 0.209 e. The zero-order chi connectivity index (χ0) is 21.3. The molecule has 1 aromatic carbocycles. The molecule has 1 atom stereocenters. The number of anilines is 2. The zero-order valence-electron chi connectivity index (χ0n) is 17.0. The van der Waals surface area contributed by atoms with Crippen LogP contribution in [-0.2, 0) is 14.6 Å². The van der Waals surface area contributed by atoms with Gasteiger partial charge >= 0.3 is 0 Å². The van der Waals surface area contributed by atoms with E-state index in [1.165, 1.54) is 6.20 Å². The van der Waals surface area contributed by atoms with Gasteiger partial charge in [0.1, 0.15) is 24.2 Å². The first kappa shape index (κ1) is 20.5. The Hall–Kier alpha value is -2.81. The van der Waals surface area contributed by atoms with Crippen molar-refractivity contribution in [1.29, 1.82) is 0 Å². The number of amides is 1. The number of benzene rings is 1. The van der Waals surface area contributed by atoms with Crippen molar-refractivity contribution in [3.8, 4) is 11.5 Å². The lowest BCUT2D eigenvalue weighted by molar-refractivity contribution is -0.117. The highest BCUT2D eigenvalue weighted by atomic mass is 32.2. The van der Waals surface area contributed by atoms with Crippen molar-refractivity contribution in [3.05, 3.63) is 36.7 Å². The molecule has 0 unspecified atom stereocenters. The van der Waals surface area contributed by atoms with Crippen LogP contribution in [0, 0.1) is 0 Å². The second-order valence-electron chi connectivity index (χ2n) is 7.73. The first-order valence-corrected chi connectivity index (χ1v) is 11.5. The highest BCUT2D eigenvalue weighted by Crippen LogP contribution is 2.40. The third-order valence-electron chi connectivity index (χ3n) is 5.38. The monoisotopic (exact) mass is 431 g/mol. The molecule has 0 N–H and O–H groups in total. The van der Waals surface area contributed by atoms with Crippen LogP contribution in [0.3, 0.4) is 0 Å². The highest BCUT2D eigenvalue weighted by Gasteiger charge is 2.26. The number of fused-ring (bicyclic) bond motifs is 1. The molecule has 30 heavy (non-hydrogen) atoms. The average molecular weight is 432 g/mol. The summed E-state index contributed by atoms with van der Waals surface area (Å²) >= 11 is 0. The van der Waals surface area contributed by atoms with E-state index in [9.17, 15) is 13.2 Å². The lowest BCUT2D eigenvalue weighted by Crippen LogP contribution is -2.29. The molecule has 1 aromatic heterocycles. The van der Waals surface area contributed by atoms with Gasteiger partial charge in [-0.2, -0.15) is 0 Å². The number of likely N-dealkylation sites (tertiary alicyclic amines) is 1. The van der Waals surface area contributed by atoms with Crippen LogP contribution in [0.15, 0.2) is 41.6 Å². The molecule has 2 aromatic rings. The van der Waals surface area contributed by atoms with Crippen molar-refractivity contribution < 1.29 is 22.7 Å². The highest BCUT2D eigenvalue weighted by molar-refractivity contribution is 7.92. The fraction of sp³-hybridized carbons (Fsp3) is 0.429. The summed E-state index contributed by atoms with van der Waals surface area (Å²) < 4.78 is 37.0. The molecule has 2 aliphatic heterocycles. The second-order valence-corrected chi connectivity index (χ2v) is 10.2. The van der Waals surface area contributed by atoms with Gasteiger partial charge in [-0.3, -0.25) is 9.78 Å². The number of pyridine rings is 1. The number of hydrogen-bond donors (Lipinski definition) is 0. The molecular weight excluding hydrogens is 406 g/mol. The molecule has 160 valence electrons. The minimum absolute atomic E-state index is 0.0487. The van der Waals surface area contributed by atoms with E-state index in [4.69, 9.17) is 9.47 Å². The number of hydrogen-bond acceptors (Lipinski definition) is 7. The van der Waals surface area contributed by atoms with Gasteiger partial charge in [-0.15, -0.1) is 0 Å². The molecule has 1 fully saturated rings. The molecule has 3 heterocycles. The van der Waals surface area contributed by atoms with Crippen LogP contribution in [-0.4, -0.2) is 62.3 Å². The summed E-state index contributed by atoms with van der Waals surface area (Å²) in [4.78, 5) is 19.0. The topological polar surface area (TPSA) is 89.0 Å². The molecule has 1 amide bonds. The van der Waals surface area contributed by atoms with Gasteiger partial charge in [0.25, 0.3) is 0 Å². The van der Waals surface area contributed by atoms with Crippen LogP contribution >= 0.6 is 0 Å². The number of carbonyl (C=O) groups is 1. The normalized spacial score (nSPS) is 18.8. The molecule has 0 aliphatic carbocycles. The van der Waals surface area contributed by atoms with E-state index in [-0.39, 0.29) is 11.0 Å². The van der Waals surface area contributed by atoms with Gasteiger partial charge in [0.2, 0.25) is 6.41 Å². The van der Waals surface area contributed by atoms with E-state index in [0.29, 0.717) is 43.4 Å². The lowest BCUT2D eigenvalue weighted by atomic mass is 10.2. The van der Waals surface area contributed by atoms with Crippen molar-refractivity contribution in [2.45, 2.75) is 36.5 Å². The maximum absolute atomic E-state index is 12.6. The molecule has 9 heteroatoms. The van der Waals surface area contributed by atoms with Crippen molar-refractivity contribution >= 4 is 27.6 Å². The maximum Gasteiger partial charge on any atom is 0.209 e. The molecule has 0 radical (unpaired) electrons. The van der Waals surface area contributed by atoms with Gasteiger partial charge in [-0.05, 0) is 32.0 Å². The van der Waals surface area contributed by atoms with Gasteiger partial charge in [-0.25, -0.2) is 8.42 Å². The Bertz CT molecular complexity index is 1040. The first-order chi connectivity index (χ1) is 14.4. The summed E-state index contributed by atoms with van der Waals surface area (Å²) in [7, 11) is -3.43. The average Bonchev–Trinajstić information content (AvgIpc) is 3.21. The summed E-state index contributed by atoms with van der Waals surface area (Å²) in [5, 5.41) is -0.524. The SMILES string of the molecule is CC(C)S(=O)(=O)c1cncc(N2CCOc3ccc(O[C@H]4CCN(C=O)C4)cc32)c1. The number of ether oxygens (including phenoxy) is 2. The molecule has 8 nitrogen and oxygen atoms in total. The van der Waals surface area contributed by atoms with Crippen LogP contribution in [0.2, 0.25) is 0 Å². The minimum Gasteiger partial charge on any atom is -0.490 e. The zero-order valence-corrected chi connectivity index (χ0v) is 17.8. The molecule has 4 rings (SSSR count). The van der Waals surface area contributed by atoms with E-state index in [0.717, 1.165) is 18.5 Å². The summed E-state index contributed by atoms with van der Waals surface area (Å²) in [6.45, 7) is 5.61. The lowest BCUT2D eigenvalue weighted by Gasteiger charge is -2.31. The Morgan fingerprint density at radius 2 is 2.07 bits per heavy atom. The molecule has 1 saturated heterocycles. The van der Waals surface area contributed by atoms with Crippen LogP contribution in [0.1, 0.15) is 20.3 Å². The Kier molecular flexibility index (Phi) is 5.55. The van der Waals surface area contributed by atoms with Crippen molar-refractivity contribution in [2.75, 3.05) is 31.1 Å². The maximum atomic E-state index is 12.6. The third kappa shape index (κ3) is 3.94. The van der Waals surface area contributed by atoms with E-state index < -0.39 is 15.1 Å².